The summed E-state index contributed by atoms with van der Waals surface area (Å²) in [5, 5.41) is 28.3. The molecule has 2 bridgehead atoms. The summed E-state index contributed by atoms with van der Waals surface area (Å²) < 4.78 is 18.5. The first-order chi connectivity index (χ1) is 36.5. The van der Waals surface area contributed by atoms with Gasteiger partial charge in [-0.25, -0.2) is 9.59 Å². The Kier molecular flexibility index (Phi) is 13.7. The monoisotopic (exact) mass is 1060 g/mol. The number of carbonyl (C=O) groups is 5. The summed E-state index contributed by atoms with van der Waals surface area (Å²) in [6.45, 7) is 7.70. The van der Waals surface area contributed by atoms with Gasteiger partial charge < -0.3 is 39.1 Å². The van der Waals surface area contributed by atoms with Gasteiger partial charge in [-0.3, -0.25) is 24.2 Å². The average molecular weight is 1060 g/mol. The van der Waals surface area contributed by atoms with Crippen molar-refractivity contribution in [2.75, 3.05) is 66.0 Å². The lowest BCUT2D eigenvalue weighted by atomic mass is 9.45. The minimum atomic E-state index is -2.32. The van der Waals surface area contributed by atoms with E-state index in [1.54, 1.807) is 7.11 Å². The number of methoxy groups -OCH3 is 3. The smallest absolute Gasteiger partial charge is 0.340 e. The van der Waals surface area contributed by atoms with Crippen LogP contribution in [0.4, 0.5) is 5.69 Å². The molecule has 8 heterocycles. The maximum Gasteiger partial charge on any atom is 0.340 e. The van der Waals surface area contributed by atoms with E-state index >= 15 is 9.59 Å². The van der Waals surface area contributed by atoms with Crippen LogP contribution in [0.1, 0.15) is 120 Å². The number of carbonyl (C=O) groups excluding carboxylic acids is 5. The predicted octanol–water partition coefficient (Wildman–Crippen LogP) is 7.09. The van der Waals surface area contributed by atoms with Gasteiger partial charge in [0.1, 0.15) is 11.2 Å². The van der Waals surface area contributed by atoms with E-state index in [0.29, 0.717) is 87.0 Å². The van der Waals surface area contributed by atoms with Crippen molar-refractivity contribution in [1.29, 1.82) is 0 Å². The molecule has 8 aliphatic rings. The highest BCUT2D eigenvalue weighted by molar-refractivity contribution is 6.80. The molecule has 0 radical (unpaired) electrons. The van der Waals surface area contributed by atoms with Crippen LogP contribution < -0.4 is 9.64 Å². The van der Waals surface area contributed by atoms with Gasteiger partial charge >= 0.3 is 17.9 Å². The van der Waals surface area contributed by atoms with Crippen LogP contribution in [0.15, 0.2) is 48.6 Å². The molecule has 7 aliphatic heterocycles. The fraction of sp³-hybridized carbons (Fsp3) is 0.644. The van der Waals surface area contributed by atoms with Crippen molar-refractivity contribution < 1.29 is 53.2 Å². The van der Waals surface area contributed by atoms with E-state index in [0.717, 1.165) is 90.3 Å². The number of aliphatic hydroxyl groups is 2. The van der Waals surface area contributed by atoms with Crippen molar-refractivity contribution in [1.82, 2.24) is 19.8 Å². The molecule has 5 fully saturated rings. The normalized spacial score (nSPS) is 34.4. The van der Waals surface area contributed by atoms with Crippen molar-refractivity contribution in [2.45, 2.75) is 162 Å². The zero-order chi connectivity index (χ0) is 53.6. The van der Waals surface area contributed by atoms with E-state index in [-0.39, 0.29) is 31.2 Å². The predicted molar refractivity (Wildman–Crippen MR) is 288 cm³/mol. The van der Waals surface area contributed by atoms with Crippen LogP contribution in [0.25, 0.3) is 10.9 Å². The second-order valence-electron chi connectivity index (χ2n) is 24.3. The molecule has 11 rings (SSSR count). The Morgan fingerprint density at radius 1 is 0.868 bits per heavy atom. The molecule has 1 spiro atoms. The van der Waals surface area contributed by atoms with Gasteiger partial charge in [-0.05, 0) is 86.7 Å². The summed E-state index contributed by atoms with van der Waals surface area (Å²) in [5.41, 5.74) is -0.632. The molecule has 17 heteroatoms. The number of para-hydroxylation sites is 1. The molecular formula is C59H79N5O11Si. The number of amides is 2. The fourth-order valence-electron chi connectivity index (χ4n) is 17.6. The number of hydrogen-bond acceptors (Lipinski definition) is 14. The molecule has 16 nitrogen and oxygen atoms in total. The number of anilines is 1. The molecule has 1 aromatic heterocycles. The van der Waals surface area contributed by atoms with E-state index < -0.39 is 77.2 Å². The third-order valence-corrected chi connectivity index (χ3v) is 26.2. The zero-order valence-electron chi connectivity index (χ0n) is 45.5. The van der Waals surface area contributed by atoms with Crippen molar-refractivity contribution in [3.05, 3.63) is 70.9 Å². The number of likely N-dealkylation sites (N-methyl/N-ethyl adjacent to an activating group) is 1. The van der Waals surface area contributed by atoms with E-state index in [1.807, 2.05) is 32.2 Å². The van der Waals surface area contributed by atoms with E-state index in [1.165, 1.54) is 14.2 Å². The van der Waals surface area contributed by atoms with Gasteiger partial charge in [0.2, 0.25) is 0 Å². The summed E-state index contributed by atoms with van der Waals surface area (Å²) in [4.78, 5) is 84.7. The van der Waals surface area contributed by atoms with Crippen LogP contribution in [-0.4, -0.2) is 152 Å². The number of nitrogens with zero attached hydrogens (tertiary/aromatic N) is 4. The number of aromatic nitrogens is 1. The third-order valence-electron chi connectivity index (χ3n) is 20.7. The van der Waals surface area contributed by atoms with Crippen LogP contribution in [0.2, 0.25) is 24.2 Å². The van der Waals surface area contributed by atoms with Crippen molar-refractivity contribution >= 4 is 54.4 Å². The number of rotatable bonds is 14. The largest absolute Gasteiger partial charge is 0.496 e. The number of unbranched alkanes of at least 4 members (excludes halogenated alkanes) is 1. The Hall–Kier alpha value is -5.07. The second kappa shape index (κ2) is 19.7. The van der Waals surface area contributed by atoms with Gasteiger partial charge in [0.15, 0.2) is 5.60 Å². The number of hydroxylamine groups is 2. The topological polar surface area (TPSA) is 191 Å². The average Bonchev–Trinajstić information content (AvgIpc) is 4.35. The lowest BCUT2D eigenvalue weighted by Gasteiger charge is -2.65. The van der Waals surface area contributed by atoms with Crippen LogP contribution in [0.5, 0.6) is 5.75 Å². The standard InChI is InChI=1S/C59H79N5O11Si/c1-7-55(70)33-38-34-58(53(68)73-5,50-40(22-26-62(35-38)37-55)39-17-10-11-18-43(39)60-50)42-31-41-44(32-45(42)72-4)61(3)52-57(41)24-27-63-25-16-23-56(8-2,51(57)63)46(59(52,71)54(69)74-6)36-76(28-13-9-14-29-76)30-15-12-19-49(67)75-64-47(65)20-21-48(64)66/h10-11,16-18,23,31-32,38,46,51-52,60,70-71H,7-9,12-15,19-22,24-30,33-37H2,1-6H3/t38-,46-,51+,52-,55+,56+,57-,58+,59-/m1/s1. The molecule has 1 unspecified atom stereocenters. The summed E-state index contributed by atoms with van der Waals surface area (Å²) in [6, 6.07) is 15.3. The summed E-state index contributed by atoms with van der Waals surface area (Å²) in [5.74, 6) is -2.76. The summed E-state index contributed by atoms with van der Waals surface area (Å²) in [6.07, 6.45) is 12.7. The quantitative estimate of drug-likeness (QED) is 0.0488. The fourth-order valence-corrected chi connectivity index (χ4v) is 23.5. The first kappa shape index (κ1) is 53.0. The van der Waals surface area contributed by atoms with Gasteiger partial charge in [-0.2, -0.15) is 0 Å². The molecule has 10 atom stereocenters. The second-order valence-corrected chi connectivity index (χ2v) is 29.2. The number of H-pyrrole nitrogens is 1. The third kappa shape index (κ3) is 7.88. The van der Waals surface area contributed by atoms with Crippen molar-refractivity contribution in [2.24, 2.45) is 17.3 Å². The van der Waals surface area contributed by atoms with E-state index in [4.69, 9.17) is 19.0 Å². The number of piperidine rings is 1. The number of nitrogens with one attached hydrogen (secondary N) is 1. The SMILES string of the molecule is CC[C@]1(O)C[C@H]2CN(CCc3c([nH]c4ccccc34)[C@@](C(=O)OC)(c3cc4c(cc3OC)N(C)[C@H]3[C@@](O)(C(=O)OC)[C@H](C[Si]5(CCCCC(=O)ON6C(=O)CCC6=O)CCCCC5)[C@]5(CC)C=CCN6CC[C@]43[C@@H]65)C2)C1. The van der Waals surface area contributed by atoms with Crippen LogP contribution in [0, 0.1) is 17.3 Å². The maximum absolute atomic E-state index is 15.7. The molecule has 3 N–H and O–H groups in total. The Bertz CT molecular complexity index is 2830. The molecule has 1 saturated carbocycles. The molecular weight excluding hydrogens is 983 g/mol. The first-order valence-corrected chi connectivity index (χ1v) is 31.2. The Labute approximate surface area is 447 Å². The Balaban J connectivity index is 1.06. The number of aromatic amines is 1. The summed E-state index contributed by atoms with van der Waals surface area (Å²) >= 11 is 0. The molecule has 2 aromatic carbocycles. The highest BCUT2D eigenvalue weighted by Crippen LogP contribution is 2.71. The minimum absolute atomic E-state index is 0.0410. The molecule has 3 aromatic rings. The Morgan fingerprint density at radius 2 is 1.62 bits per heavy atom. The highest BCUT2D eigenvalue weighted by atomic mass is 28.3. The highest BCUT2D eigenvalue weighted by Gasteiger charge is 2.79. The summed E-state index contributed by atoms with van der Waals surface area (Å²) in [7, 11) is 4.19. The number of ether oxygens (including phenoxy) is 3. The number of esters is 2. The van der Waals surface area contributed by atoms with Gasteiger partial charge in [0.25, 0.3) is 11.8 Å². The van der Waals surface area contributed by atoms with Crippen LogP contribution >= 0.6 is 0 Å². The molecule has 1 aliphatic carbocycles. The molecule has 4 saturated heterocycles. The number of fused-ring (bicyclic) bond motifs is 6. The van der Waals surface area contributed by atoms with Gasteiger partial charge in [-0.1, -0.05) is 88.0 Å². The number of hydrogen-bond donors (Lipinski definition) is 3. The number of benzene rings is 2. The minimum Gasteiger partial charge on any atom is -0.496 e. The van der Waals surface area contributed by atoms with Crippen LogP contribution in [0.3, 0.4) is 0 Å². The maximum atomic E-state index is 15.7. The molecule has 410 valence electrons. The number of imide groups is 1. The molecule has 2 amide bonds. The van der Waals surface area contributed by atoms with Gasteiger partial charge in [-0.15, -0.1) is 5.06 Å². The van der Waals surface area contributed by atoms with Gasteiger partial charge in [0, 0.05) is 109 Å². The lowest BCUT2D eigenvalue weighted by molar-refractivity contribution is -0.197. The lowest BCUT2D eigenvalue weighted by Crippen LogP contribution is -2.79. The van der Waals surface area contributed by atoms with E-state index in [2.05, 4.69) is 57.0 Å². The van der Waals surface area contributed by atoms with E-state index in [9.17, 15) is 24.6 Å². The van der Waals surface area contributed by atoms with Gasteiger partial charge in [0.05, 0.1) is 41.0 Å². The zero-order valence-corrected chi connectivity index (χ0v) is 46.5. The van der Waals surface area contributed by atoms with Crippen molar-refractivity contribution in [3.63, 3.8) is 0 Å². The van der Waals surface area contributed by atoms with Crippen molar-refractivity contribution in [3.8, 4) is 5.75 Å². The van der Waals surface area contributed by atoms with Crippen LogP contribution in [-0.2, 0) is 55.5 Å². The Morgan fingerprint density at radius 3 is 2.33 bits per heavy atom. The molecule has 76 heavy (non-hydrogen) atoms. The first-order valence-electron chi connectivity index (χ1n) is 28.4.